The van der Waals surface area contributed by atoms with E-state index < -0.39 is 0 Å². The zero-order chi connectivity index (χ0) is 16.9. The molecule has 1 aromatic carbocycles. The maximum atomic E-state index is 11.4. The Morgan fingerprint density at radius 3 is 2.92 bits per heavy atom. The van der Waals surface area contributed by atoms with Crippen molar-refractivity contribution in [1.29, 1.82) is 0 Å². The number of benzene rings is 1. The van der Waals surface area contributed by atoms with Crippen LogP contribution < -0.4 is 10.1 Å². The van der Waals surface area contributed by atoms with Gasteiger partial charge in [-0.15, -0.1) is 0 Å². The molecule has 1 N–H and O–H groups in total. The second-order valence-electron chi connectivity index (χ2n) is 4.98. The van der Waals surface area contributed by atoms with E-state index in [2.05, 4.69) is 21.9 Å². The molecule has 2 aromatic heterocycles. The van der Waals surface area contributed by atoms with Crippen molar-refractivity contribution in [2.45, 2.75) is 6.54 Å². The standard InChI is InChI=1S/C18H14ClN3O2/c1-2-17(23)21-11-12-9-18(22-15-6-4-3-5-14(12)15)24-13-7-8-20-16(19)10-13/h2-10H,1,11H2,(H,21,23). The molecule has 0 bridgehead atoms. The van der Waals surface area contributed by atoms with E-state index in [1.54, 1.807) is 24.4 Å². The van der Waals surface area contributed by atoms with Crippen molar-refractivity contribution in [3.8, 4) is 11.6 Å². The Balaban J connectivity index is 1.96. The first kappa shape index (κ1) is 16.0. The monoisotopic (exact) mass is 339 g/mol. The maximum Gasteiger partial charge on any atom is 0.243 e. The highest BCUT2D eigenvalue weighted by molar-refractivity contribution is 6.29. The van der Waals surface area contributed by atoms with Crippen LogP contribution in [0.3, 0.4) is 0 Å². The Hall–Kier alpha value is -2.92. The van der Waals surface area contributed by atoms with Crippen LogP contribution in [0.15, 0.2) is 61.3 Å². The summed E-state index contributed by atoms with van der Waals surface area (Å²) in [6.07, 6.45) is 2.80. The second kappa shape index (κ2) is 7.10. The number of pyridine rings is 2. The smallest absolute Gasteiger partial charge is 0.243 e. The molecule has 0 saturated carbocycles. The first-order valence-electron chi connectivity index (χ1n) is 7.24. The van der Waals surface area contributed by atoms with Gasteiger partial charge in [0.2, 0.25) is 11.8 Å². The first-order valence-corrected chi connectivity index (χ1v) is 7.62. The average molecular weight is 340 g/mol. The zero-order valence-electron chi connectivity index (χ0n) is 12.7. The number of halogens is 1. The van der Waals surface area contributed by atoms with E-state index in [-0.39, 0.29) is 5.91 Å². The number of carbonyl (C=O) groups excluding carboxylic acids is 1. The Morgan fingerprint density at radius 2 is 2.12 bits per heavy atom. The molecule has 0 spiro atoms. The van der Waals surface area contributed by atoms with E-state index in [0.29, 0.717) is 23.3 Å². The highest BCUT2D eigenvalue weighted by Crippen LogP contribution is 2.26. The molecule has 3 rings (SSSR count). The summed E-state index contributed by atoms with van der Waals surface area (Å²) in [5.41, 5.74) is 1.67. The molecule has 5 nitrogen and oxygen atoms in total. The van der Waals surface area contributed by atoms with Crippen LogP contribution in [0.5, 0.6) is 11.6 Å². The summed E-state index contributed by atoms with van der Waals surface area (Å²) in [4.78, 5) is 19.8. The van der Waals surface area contributed by atoms with Crippen LogP contribution in [0, 0.1) is 0 Å². The highest BCUT2D eigenvalue weighted by Gasteiger charge is 2.08. The number of amides is 1. The number of para-hydroxylation sites is 1. The van der Waals surface area contributed by atoms with E-state index in [1.165, 1.54) is 6.08 Å². The lowest BCUT2D eigenvalue weighted by Crippen LogP contribution is -2.20. The molecular formula is C18H14ClN3O2. The molecule has 0 aliphatic carbocycles. The Kier molecular flexibility index (Phi) is 4.72. The molecule has 120 valence electrons. The number of aromatic nitrogens is 2. The quantitative estimate of drug-likeness (QED) is 0.566. The number of carbonyl (C=O) groups is 1. The van der Waals surface area contributed by atoms with Gasteiger partial charge >= 0.3 is 0 Å². The van der Waals surface area contributed by atoms with Gasteiger partial charge in [0.1, 0.15) is 10.9 Å². The van der Waals surface area contributed by atoms with Gasteiger partial charge < -0.3 is 10.1 Å². The molecule has 2 heterocycles. The predicted molar refractivity (Wildman–Crippen MR) is 93.1 cm³/mol. The Labute approximate surface area is 144 Å². The number of hydrogen-bond donors (Lipinski definition) is 1. The molecule has 0 saturated heterocycles. The molecule has 1 amide bonds. The predicted octanol–water partition coefficient (Wildman–Crippen LogP) is 3.88. The van der Waals surface area contributed by atoms with E-state index in [9.17, 15) is 4.79 Å². The lowest BCUT2D eigenvalue weighted by molar-refractivity contribution is -0.116. The molecule has 0 radical (unpaired) electrons. The third-order valence-corrected chi connectivity index (χ3v) is 3.54. The van der Waals surface area contributed by atoms with E-state index in [1.807, 2.05) is 24.3 Å². The van der Waals surface area contributed by atoms with Crippen LogP contribution >= 0.6 is 11.6 Å². The van der Waals surface area contributed by atoms with E-state index in [0.717, 1.165) is 16.5 Å². The number of hydrogen-bond acceptors (Lipinski definition) is 4. The fourth-order valence-electron chi connectivity index (χ4n) is 2.24. The van der Waals surface area contributed by atoms with Gasteiger partial charge in [0.25, 0.3) is 0 Å². The molecule has 0 fully saturated rings. The van der Waals surface area contributed by atoms with Crippen molar-refractivity contribution in [1.82, 2.24) is 15.3 Å². The molecule has 24 heavy (non-hydrogen) atoms. The number of ether oxygens (including phenoxy) is 1. The summed E-state index contributed by atoms with van der Waals surface area (Å²) in [5.74, 6) is 0.719. The molecule has 0 aliphatic heterocycles. The number of rotatable bonds is 5. The van der Waals surface area contributed by atoms with E-state index in [4.69, 9.17) is 16.3 Å². The van der Waals surface area contributed by atoms with Gasteiger partial charge in [-0.3, -0.25) is 4.79 Å². The largest absolute Gasteiger partial charge is 0.439 e. The summed E-state index contributed by atoms with van der Waals surface area (Å²) in [6.45, 7) is 3.80. The van der Waals surface area contributed by atoms with Gasteiger partial charge in [0, 0.05) is 30.3 Å². The van der Waals surface area contributed by atoms with Crippen molar-refractivity contribution < 1.29 is 9.53 Å². The van der Waals surface area contributed by atoms with Crippen molar-refractivity contribution in [2.75, 3.05) is 0 Å². The van der Waals surface area contributed by atoms with Gasteiger partial charge in [-0.25, -0.2) is 9.97 Å². The summed E-state index contributed by atoms with van der Waals surface area (Å²) in [5, 5.41) is 4.06. The van der Waals surface area contributed by atoms with Crippen molar-refractivity contribution in [3.05, 3.63) is 72.0 Å². The van der Waals surface area contributed by atoms with Crippen LogP contribution in [0.25, 0.3) is 10.9 Å². The molecule has 0 unspecified atom stereocenters. The van der Waals surface area contributed by atoms with Gasteiger partial charge in [-0.05, 0) is 23.8 Å². The number of nitrogens with zero attached hydrogens (tertiary/aromatic N) is 2. The van der Waals surface area contributed by atoms with Gasteiger partial charge in [-0.2, -0.15) is 0 Å². The lowest BCUT2D eigenvalue weighted by atomic mass is 10.1. The second-order valence-corrected chi connectivity index (χ2v) is 5.36. The van der Waals surface area contributed by atoms with Crippen molar-refractivity contribution in [2.24, 2.45) is 0 Å². The topological polar surface area (TPSA) is 64.1 Å². The van der Waals surface area contributed by atoms with Crippen LogP contribution in [0.2, 0.25) is 5.15 Å². The summed E-state index contributed by atoms with van der Waals surface area (Å²) >= 11 is 5.87. The van der Waals surface area contributed by atoms with Gasteiger partial charge in [-0.1, -0.05) is 36.4 Å². The van der Waals surface area contributed by atoms with Gasteiger partial charge in [0.15, 0.2) is 0 Å². The minimum absolute atomic E-state index is 0.237. The fraction of sp³-hybridized carbons (Fsp3) is 0.0556. The van der Waals surface area contributed by atoms with Crippen LogP contribution in [-0.2, 0) is 11.3 Å². The van der Waals surface area contributed by atoms with Crippen LogP contribution in [-0.4, -0.2) is 15.9 Å². The van der Waals surface area contributed by atoms with Crippen LogP contribution in [0.4, 0.5) is 0 Å². The molecule has 6 heteroatoms. The number of fused-ring (bicyclic) bond motifs is 1. The summed E-state index contributed by atoms with van der Waals surface area (Å²) < 4.78 is 5.77. The minimum atomic E-state index is -0.237. The third-order valence-electron chi connectivity index (χ3n) is 3.34. The normalized spacial score (nSPS) is 10.4. The molecule has 3 aromatic rings. The average Bonchev–Trinajstić information content (AvgIpc) is 2.59. The highest BCUT2D eigenvalue weighted by atomic mass is 35.5. The molecule has 0 aliphatic rings. The van der Waals surface area contributed by atoms with Gasteiger partial charge in [0.05, 0.1) is 5.52 Å². The summed E-state index contributed by atoms with van der Waals surface area (Å²) in [6, 6.07) is 12.8. The lowest BCUT2D eigenvalue weighted by Gasteiger charge is -2.11. The SMILES string of the molecule is C=CC(=O)NCc1cc(Oc2ccnc(Cl)c2)nc2ccccc12. The molecule has 0 atom stereocenters. The Bertz CT molecular complexity index is 912. The Morgan fingerprint density at radius 1 is 1.29 bits per heavy atom. The fourth-order valence-corrected chi connectivity index (χ4v) is 2.41. The van der Waals surface area contributed by atoms with Crippen molar-refractivity contribution in [3.63, 3.8) is 0 Å². The molecular weight excluding hydrogens is 326 g/mol. The first-order chi connectivity index (χ1) is 11.7. The summed E-state index contributed by atoms with van der Waals surface area (Å²) in [7, 11) is 0. The van der Waals surface area contributed by atoms with E-state index >= 15 is 0 Å². The zero-order valence-corrected chi connectivity index (χ0v) is 13.5. The minimum Gasteiger partial charge on any atom is -0.439 e. The third kappa shape index (κ3) is 3.70. The number of nitrogens with one attached hydrogen (secondary N) is 1. The van der Waals surface area contributed by atoms with Crippen LogP contribution in [0.1, 0.15) is 5.56 Å². The maximum absolute atomic E-state index is 11.4. The van der Waals surface area contributed by atoms with Crippen molar-refractivity contribution >= 4 is 28.4 Å².